The van der Waals surface area contributed by atoms with Gasteiger partial charge in [0, 0.05) is 6.07 Å². The van der Waals surface area contributed by atoms with E-state index in [0.717, 1.165) is 0 Å². The van der Waals surface area contributed by atoms with Gasteiger partial charge >= 0.3 is 11.9 Å². The predicted octanol–water partition coefficient (Wildman–Crippen LogP) is 1.87. The van der Waals surface area contributed by atoms with Gasteiger partial charge < -0.3 is 9.84 Å². The fraction of sp³-hybridized carbons (Fsp3) is 0.417. The van der Waals surface area contributed by atoms with Crippen molar-refractivity contribution in [1.29, 1.82) is 0 Å². The standard InChI is InChI=1S/C12H13F2NO4/c1-3-6(2)19-12(18)9(11(16)17)10-8(14)4-7(13)5-15-10/h4-6,9H,3H2,1-2H3,(H,16,17). The maximum absolute atomic E-state index is 13.5. The van der Waals surface area contributed by atoms with Gasteiger partial charge in [-0.25, -0.2) is 8.78 Å². The van der Waals surface area contributed by atoms with Crippen LogP contribution in [0.25, 0.3) is 0 Å². The molecule has 0 aliphatic carbocycles. The summed E-state index contributed by atoms with van der Waals surface area (Å²) in [5.74, 6) is -6.80. The lowest BCUT2D eigenvalue weighted by atomic mass is 10.0. The van der Waals surface area contributed by atoms with Gasteiger partial charge in [-0.2, -0.15) is 0 Å². The summed E-state index contributed by atoms with van der Waals surface area (Å²) < 4.78 is 31.0. The van der Waals surface area contributed by atoms with Crippen molar-refractivity contribution >= 4 is 11.9 Å². The van der Waals surface area contributed by atoms with Crippen molar-refractivity contribution < 1.29 is 28.2 Å². The number of hydrogen-bond donors (Lipinski definition) is 1. The molecule has 1 N–H and O–H groups in total. The minimum absolute atomic E-state index is 0.467. The number of carbonyl (C=O) groups excluding carboxylic acids is 1. The Kier molecular flexibility index (Phi) is 4.91. The van der Waals surface area contributed by atoms with Gasteiger partial charge in [0.25, 0.3) is 0 Å². The Labute approximate surface area is 108 Å². The summed E-state index contributed by atoms with van der Waals surface area (Å²) in [4.78, 5) is 26.1. The van der Waals surface area contributed by atoms with Crippen molar-refractivity contribution in [2.75, 3.05) is 0 Å². The second-order valence-corrected chi connectivity index (χ2v) is 3.95. The minimum Gasteiger partial charge on any atom is -0.480 e. The molecule has 19 heavy (non-hydrogen) atoms. The number of hydrogen-bond acceptors (Lipinski definition) is 4. The molecule has 0 aromatic carbocycles. The molecule has 0 spiro atoms. The van der Waals surface area contributed by atoms with E-state index < -0.39 is 41.3 Å². The number of carboxylic acids is 1. The van der Waals surface area contributed by atoms with Gasteiger partial charge in [-0.15, -0.1) is 0 Å². The number of rotatable bonds is 5. The van der Waals surface area contributed by atoms with E-state index in [1.54, 1.807) is 13.8 Å². The molecule has 2 unspecified atom stereocenters. The SMILES string of the molecule is CCC(C)OC(=O)C(C(=O)O)c1ncc(F)cc1F. The molecule has 104 valence electrons. The first kappa shape index (κ1) is 15.0. The van der Waals surface area contributed by atoms with Crippen LogP contribution in [-0.4, -0.2) is 28.1 Å². The topological polar surface area (TPSA) is 76.5 Å². The highest BCUT2D eigenvalue weighted by atomic mass is 19.1. The number of esters is 1. The summed E-state index contributed by atoms with van der Waals surface area (Å²) in [6, 6.07) is 0.467. The molecule has 1 heterocycles. The lowest BCUT2D eigenvalue weighted by Gasteiger charge is -2.15. The van der Waals surface area contributed by atoms with Crippen LogP contribution in [0.5, 0.6) is 0 Å². The van der Waals surface area contributed by atoms with E-state index in [1.165, 1.54) is 0 Å². The number of nitrogens with zero attached hydrogens (tertiary/aromatic N) is 1. The molecule has 0 aliphatic heterocycles. The van der Waals surface area contributed by atoms with Crippen LogP contribution in [0, 0.1) is 11.6 Å². The third-order valence-electron chi connectivity index (χ3n) is 2.48. The largest absolute Gasteiger partial charge is 0.480 e. The zero-order valence-corrected chi connectivity index (χ0v) is 10.4. The van der Waals surface area contributed by atoms with Crippen molar-refractivity contribution in [2.24, 2.45) is 0 Å². The summed E-state index contributed by atoms with van der Waals surface area (Å²) in [7, 11) is 0. The number of ether oxygens (including phenoxy) is 1. The van der Waals surface area contributed by atoms with E-state index in [2.05, 4.69) is 4.98 Å². The van der Waals surface area contributed by atoms with Gasteiger partial charge in [0.15, 0.2) is 5.92 Å². The van der Waals surface area contributed by atoms with Crippen molar-refractivity contribution in [3.05, 3.63) is 29.6 Å². The smallest absolute Gasteiger partial charge is 0.326 e. The molecular formula is C12H13F2NO4. The van der Waals surface area contributed by atoms with Crippen LogP contribution < -0.4 is 0 Å². The van der Waals surface area contributed by atoms with Crippen LogP contribution in [-0.2, 0) is 14.3 Å². The van der Waals surface area contributed by atoms with Gasteiger partial charge in [-0.1, -0.05) is 6.92 Å². The highest BCUT2D eigenvalue weighted by Crippen LogP contribution is 2.20. The van der Waals surface area contributed by atoms with Gasteiger partial charge in [0.1, 0.15) is 17.3 Å². The molecule has 2 atom stereocenters. The van der Waals surface area contributed by atoms with E-state index >= 15 is 0 Å². The first-order chi connectivity index (χ1) is 8.86. The van der Waals surface area contributed by atoms with Crippen molar-refractivity contribution in [1.82, 2.24) is 4.98 Å². The Hall–Kier alpha value is -2.05. The normalized spacial score (nSPS) is 13.7. The fourth-order valence-electron chi connectivity index (χ4n) is 1.32. The Morgan fingerprint density at radius 2 is 2.11 bits per heavy atom. The molecule has 0 radical (unpaired) electrons. The minimum atomic E-state index is -1.91. The van der Waals surface area contributed by atoms with Crippen molar-refractivity contribution in [2.45, 2.75) is 32.3 Å². The average Bonchev–Trinajstić information content (AvgIpc) is 2.31. The molecule has 7 heteroatoms. The number of pyridine rings is 1. The Bertz CT molecular complexity index is 493. The zero-order chi connectivity index (χ0) is 14.6. The monoisotopic (exact) mass is 273 g/mol. The van der Waals surface area contributed by atoms with Crippen LogP contribution in [0.1, 0.15) is 31.9 Å². The predicted molar refractivity (Wildman–Crippen MR) is 60.4 cm³/mol. The molecule has 0 saturated carbocycles. The molecule has 0 amide bonds. The molecule has 5 nitrogen and oxygen atoms in total. The summed E-state index contributed by atoms with van der Waals surface area (Å²) in [5.41, 5.74) is -0.665. The van der Waals surface area contributed by atoms with Crippen molar-refractivity contribution in [3.63, 3.8) is 0 Å². The molecule has 0 fully saturated rings. The molecule has 0 aliphatic rings. The number of aromatic nitrogens is 1. The average molecular weight is 273 g/mol. The third kappa shape index (κ3) is 3.70. The van der Waals surface area contributed by atoms with Gasteiger partial charge in [-0.05, 0) is 13.3 Å². The van der Waals surface area contributed by atoms with Crippen molar-refractivity contribution in [3.8, 4) is 0 Å². The number of aliphatic carboxylic acids is 1. The van der Waals surface area contributed by atoms with Gasteiger partial charge in [0.05, 0.1) is 12.3 Å². The number of carboxylic acid groups (broad SMARTS) is 1. The third-order valence-corrected chi connectivity index (χ3v) is 2.48. The molecule has 0 saturated heterocycles. The Morgan fingerprint density at radius 1 is 1.47 bits per heavy atom. The molecular weight excluding hydrogens is 260 g/mol. The van der Waals surface area contributed by atoms with Crippen LogP contribution in [0.4, 0.5) is 8.78 Å². The van der Waals surface area contributed by atoms with Crippen LogP contribution in [0.3, 0.4) is 0 Å². The lowest BCUT2D eigenvalue weighted by molar-refractivity contribution is -0.157. The summed E-state index contributed by atoms with van der Waals surface area (Å²) in [6.07, 6.45) is 0.625. The maximum atomic E-state index is 13.5. The maximum Gasteiger partial charge on any atom is 0.326 e. The Balaban J connectivity index is 3.07. The summed E-state index contributed by atoms with van der Waals surface area (Å²) in [5, 5.41) is 8.98. The quantitative estimate of drug-likeness (QED) is 0.654. The number of carbonyl (C=O) groups is 2. The molecule has 0 bridgehead atoms. The first-order valence-corrected chi connectivity index (χ1v) is 5.61. The van der Waals surface area contributed by atoms with E-state index in [-0.39, 0.29) is 0 Å². The van der Waals surface area contributed by atoms with Crippen LogP contribution in [0.15, 0.2) is 12.3 Å². The second-order valence-electron chi connectivity index (χ2n) is 3.95. The Morgan fingerprint density at radius 3 is 2.58 bits per heavy atom. The lowest BCUT2D eigenvalue weighted by Crippen LogP contribution is -2.28. The van der Waals surface area contributed by atoms with E-state index in [4.69, 9.17) is 9.84 Å². The highest BCUT2D eigenvalue weighted by molar-refractivity contribution is 5.99. The fourth-order valence-corrected chi connectivity index (χ4v) is 1.32. The number of halogens is 2. The van der Waals surface area contributed by atoms with E-state index in [1.807, 2.05) is 0 Å². The zero-order valence-electron chi connectivity index (χ0n) is 10.4. The van der Waals surface area contributed by atoms with E-state index in [9.17, 15) is 18.4 Å². The van der Waals surface area contributed by atoms with E-state index in [0.29, 0.717) is 18.7 Å². The van der Waals surface area contributed by atoms with Crippen LogP contribution >= 0.6 is 0 Å². The summed E-state index contributed by atoms with van der Waals surface area (Å²) in [6.45, 7) is 3.32. The highest BCUT2D eigenvalue weighted by Gasteiger charge is 2.34. The molecule has 1 rings (SSSR count). The molecule has 1 aromatic rings. The first-order valence-electron chi connectivity index (χ1n) is 5.61. The van der Waals surface area contributed by atoms with Gasteiger partial charge in [0.2, 0.25) is 0 Å². The molecule has 1 aromatic heterocycles. The van der Waals surface area contributed by atoms with Crippen LogP contribution in [0.2, 0.25) is 0 Å². The second kappa shape index (κ2) is 6.21. The van der Waals surface area contributed by atoms with Gasteiger partial charge in [-0.3, -0.25) is 14.6 Å². The summed E-state index contributed by atoms with van der Waals surface area (Å²) >= 11 is 0.